The lowest BCUT2D eigenvalue weighted by Gasteiger charge is -2.06. The molecule has 0 spiro atoms. The average Bonchev–Trinajstić information content (AvgIpc) is 3.31. The van der Waals surface area contributed by atoms with Crippen LogP contribution in [0.3, 0.4) is 0 Å². The van der Waals surface area contributed by atoms with E-state index in [-0.39, 0.29) is 5.91 Å². The first kappa shape index (κ1) is 15.1. The lowest BCUT2D eigenvalue weighted by atomic mass is 10.2. The van der Waals surface area contributed by atoms with E-state index < -0.39 is 0 Å². The SMILES string of the molecule is O=C(NCCc1cc2ccccc2[nH]1)c1ccc(-n2cnnc2)cc1. The molecule has 0 unspecified atom stereocenters. The predicted octanol–water partition coefficient (Wildman–Crippen LogP) is 2.72. The number of benzene rings is 2. The smallest absolute Gasteiger partial charge is 0.251 e. The van der Waals surface area contributed by atoms with Gasteiger partial charge in [-0.1, -0.05) is 18.2 Å². The van der Waals surface area contributed by atoms with Gasteiger partial charge in [0, 0.05) is 35.4 Å². The molecule has 2 aromatic heterocycles. The van der Waals surface area contributed by atoms with Gasteiger partial charge in [0.15, 0.2) is 0 Å². The monoisotopic (exact) mass is 331 g/mol. The molecule has 0 fully saturated rings. The third-order valence-corrected chi connectivity index (χ3v) is 4.11. The molecule has 2 aromatic carbocycles. The van der Waals surface area contributed by atoms with E-state index in [1.54, 1.807) is 29.4 Å². The summed E-state index contributed by atoms with van der Waals surface area (Å²) < 4.78 is 1.79. The van der Waals surface area contributed by atoms with Crippen molar-refractivity contribution in [1.29, 1.82) is 0 Å². The van der Waals surface area contributed by atoms with Crippen molar-refractivity contribution in [3.8, 4) is 5.69 Å². The highest BCUT2D eigenvalue weighted by Gasteiger charge is 2.06. The Kier molecular flexibility index (Phi) is 4.00. The summed E-state index contributed by atoms with van der Waals surface area (Å²) in [5, 5.41) is 11.7. The molecule has 0 bridgehead atoms. The Morgan fingerprint density at radius 1 is 1.04 bits per heavy atom. The fraction of sp³-hybridized carbons (Fsp3) is 0.105. The Balaban J connectivity index is 1.35. The van der Waals surface area contributed by atoms with Crippen LogP contribution in [0.2, 0.25) is 0 Å². The van der Waals surface area contributed by atoms with Crippen molar-refractivity contribution in [1.82, 2.24) is 25.1 Å². The molecule has 0 aliphatic carbocycles. The first-order chi connectivity index (χ1) is 12.3. The van der Waals surface area contributed by atoms with Gasteiger partial charge in [-0.15, -0.1) is 10.2 Å². The van der Waals surface area contributed by atoms with E-state index in [1.807, 2.05) is 24.3 Å². The Labute approximate surface area is 144 Å². The van der Waals surface area contributed by atoms with E-state index in [9.17, 15) is 4.79 Å². The second-order valence-electron chi connectivity index (χ2n) is 5.80. The Bertz CT molecular complexity index is 953. The van der Waals surface area contributed by atoms with Gasteiger partial charge in [-0.2, -0.15) is 0 Å². The Morgan fingerprint density at radius 3 is 2.56 bits per heavy atom. The van der Waals surface area contributed by atoms with Crippen LogP contribution in [0.4, 0.5) is 0 Å². The fourth-order valence-electron chi connectivity index (χ4n) is 2.80. The van der Waals surface area contributed by atoms with Crippen LogP contribution in [0, 0.1) is 0 Å². The molecule has 6 nitrogen and oxygen atoms in total. The van der Waals surface area contributed by atoms with Gasteiger partial charge in [0.25, 0.3) is 5.91 Å². The van der Waals surface area contributed by atoms with E-state index in [0.29, 0.717) is 12.1 Å². The number of aromatic nitrogens is 4. The molecular formula is C19H17N5O. The van der Waals surface area contributed by atoms with Gasteiger partial charge in [-0.3, -0.25) is 9.36 Å². The number of amides is 1. The zero-order valence-corrected chi connectivity index (χ0v) is 13.5. The highest BCUT2D eigenvalue weighted by molar-refractivity contribution is 5.94. The fourth-order valence-corrected chi connectivity index (χ4v) is 2.80. The summed E-state index contributed by atoms with van der Waals surface area (Å²) >= 11 is 0. The molecule has 0 radical (unpaired) electrons. The highest BCUT2D eigenvalue weighted by atomic mass is 16.1. The third-order valence-electron chi connectivity index (χ3n) is 4.11. The van der Waals surface area contributed by atoms with Crippen LogP contribution < -0.4 is 5.32 Å². The molecule has 124 valence electrons. The molecule has 4 rings (SSSR count). The molecule has 0 aliphatic rings. The maximum Gasteiger partial charge on any atom is 0.251 e. The highest BCUT2D eigenvalue weighted by Crippen LogP contribution is 2.14. The van der Waals surface area contributed by atoms with E-state index in [0.717, 1.165) is 23.3 Å². The van der Waals surface area contributed by atoms with E-state index in [2.05, 4.69) is 38.7 Å². The van der Waals surface area contributed by atoms with Gasteiger partial charge < -0.3 is 10.3 Å². The van der Waals surface area contributed by atoms with Crippen molar-refractivity contribution in [2.75, 3.05) is 6.54 Å². The summed E-state index contributed by atoms with van der Waals surface area (Å²) in [6.07, 6.45) is 4.00. The number of para-hydroxylation sites is 1. The van der Waals surface area contributed by atoms with Crippen molar-refractivity contribution < 1.29 is 4.79 Å². The van der Waals surface area contributed by atoms with Crippen molar-refractivity contribution in [3.05, 3.63) is 78.5 Å². The number of nitrogens with one attached hydrogen (secondary N) is 2. The summed E-state index contributed by atoms with van der Waals surface area (Å²) in [5.74, 6) is -0.0774. The van der Waals surface area contributed by atoms with Crippen molar-refractivity contribution in [2.45, 2.75) is 6.42 Å². The number of hydrogen-bond donors (Lipinski definition) is 2. The summed E-state index contributed by atoms with van der Waals surface area (Å²) in [5.41, 5.74) is 3.78. The van der Waals surface area contributed by atoms with Crippen molar-refractivity contribution in [3.63, 3.8) is 0 Å². The Hall–Kier alpha value is -3.41. The van der Waals surface area contributed by atoms with Crippen molar-refractivity contribution in [2.24, 2.45) is 0 Å². The minimum absolute atomic E-state index is 0.0774. The second-order valence-corrected chi connectivity index (χ2v) is 5.80. The molecule has 0 aliphatic heterocycles. The van der Waals surface area contributed by atoms with Gasteiger partial charge >= 0.3 is 0 Å². The van der Waals surface area contributed by atoms with Crippen LogP contribution >= 0.6 is 0 Å². The number of carbonyl (C=O) groups excluding carboxylic acids is 1. The third kappa shape index (κ3) is 3.28. The molecule has 2 N–H and O–H groups in total. The topological polar surface area (TPSA) is 75.6 Å². The van der Waals surface area contributed by atoms with Gasteiger partial charge in [-0.25, -0.2) is 0 Å². The standard InChI is InChI=1S/C19H17N5O/c25-19(14-5-7-17(8-6-14)24-12-21-22-13-24)20-10-9-16-11-15-3-1-2-4-18(15)23-16/h1-8,11-13,23H,9-10H2,(H,20,25). The maximum absolute atomic E-state index is 12.3. The first-order valence-corrected chi connectivity index (χ1v) is 8.09. The molecule has 25 heavy (non-hydrogen) atoms. The number of hydrogen-bond acceptors (Lipinski definition) is 3. The lowest BCUT2D eigenvalue weighted by Crippen LogP contribution is -2.25. The maximum atomic E-state index is 12.3. The molecule has 0 atom stereocenters. The second kappa shape index (κ2) is 6.60. The largest absolute Gasteiger partial charge is 0.358 e. The van der Waals surface area contributed by atoms with E-state index in [1.165, 1.54) is 5.39 Å². The Morgan fingerprint density at radius 2 is 1.80 bits per heavy atom. The van der Waals surface area contributed by atoms with Gasteiger partial charge in [-0.05, 0) is 41.8 Å². The van der Waals surface area contributed by atoms with Gasteiger partial charge in [0.2, 0.25) is 0 Å². The van der Waals surface area contributed by atoms with Crippen LogP contribution in [-0.2, 0) is 6.42 Å². The first-order valence-electron chi connectivity index (χ1n) is 8.09. The molecular weight excluding hydrogens is 314 g/mol. The number of fused-ring (bicyclic) bond motifs is 1. The minimum atomic E-state index is -0.0774. The van der Waals surface area contributed by atoms with E-state index in [4.69, 9.17) is 0 Å². The summed E-state index contributed by atoms with van der Waals surface area (Å²) in [4.78, 5) is 15.6. The average molecular weight is 331 g/mol. The number of aromatic amines is 1. The molecule has 1 amide bonds. The van der Waals surface area contributed by atoms with Gasteiger partial charge in [0.1, 0.15) is 12.7 Å². The molecule has 0 saturated heterocycles. The predicted molar refractivity (Wildman–Crippen MR) is 95.7 cm³/mol. The molecule has 4 aromatic rings. The quantitative estimate of drug-likeness (QED) is 0.590. The van der Waals surface area contributed by atoms with Crippen LogP contribution in [0.15, 0.2) is 67.3 Å². The van der Waals surface area contributed by atoms with Crippen LogP contribution in [0.5, 0.6) is 0 Å². The summed E-state index contributed by atoms with van der Waals surface area (Å²) in [7, 11) is 0. The summed E-state index contributed by atoms with van der Waals surface area (Å²) in [6, 6.07) is 17.6. The van der Waals surface area contributed by atoms with Crippen LogP contribution in [0.1, 0.15) is 16.1 Å². The normalized spacial score (nSPS) is 10.9. The zero-order valence-electron chi connectivity index (χ0n) is 13.5. The molecule has 6 heteroatoms. The zero-order chi connectivity index (χ0) is 17.1. The van der Waals surface area contributed by atoms with Crippen molar-refractivity contribution >= 4 is 16.8 Å². The number of H-pyrrole nitrogens is 1. The molecule has 0 saturated carbocycles. The number of rotatable bonds is 5. The lowest BCUT2D eigenvalue weighted by molar-refractivity contribution is 0.0954. The molecule has 2 heterocycles. The van der Waals surface area contributed by atoms with Crippen LogP contribution in [0.25, 0.3) is 16.6 Å². The van der Waals surface area contributed by atoms with Gasteiger partial charge in [0.05, 0.1) is 0 Å². The summed E-state index contributed by atoms with van der Waals surface area (Å²) in [6.45, 7) is 0.582. The van der Waals surface area contributed by atoms with E-state index >= 15 is 0 Å². The minimum Gasteiger partial charge on any atom is -0.358 e. The van der Waals surface area contributed by atoms with Crippen LogP contribution in [-0.4, -0.2) is 32.2 Å². The number of carbonyl (C=O) groups is 1. The number of nitrogens with zero attached hydrogens (tertiary/aromatic N) is 3.